The molecule has 0 amide bonds. The number of carbonyl (C=O) groups is 1. The first-order valence-electron chi connectivity index (χ1n) is 6.71. The van der Waals surface area contributed by atoms with Crippen LogP contribution in [0.3, 0.4) is 0 Å². The predicted molar refractivity (Wildman–Crippen MR) is 83.5 cm³/mol. The molecule has 0 fully saturated rings. The summed E-state index contributed by atoms with van der Waals surface area (Å²) in [5.41, 5.74) is -0.0835. The van der Waals surface area contributed by atoms with Crippen molar-refractivity contribution in [3.8, 4) is 11.5 Å². The van der Waals surface area contributed by atoms with Gasteiger partial charge in [0.15, 0.2) is 11.5 Å². The third-order valence-electron chi connectivity index (χ3n) is 2.42. The van der Waals surface area contributed by atoms with Crippen molar-refractivity contribution >= 4 is 21.9 Å². The van der Waals surface area contributed by atoms with Gasteiger partial charge in [0.05, 0.1) is 28.9 Å². The van der Waals surface area contributed by atoms with Crippen molar-refractivity contribution in [3.05, 3.63) is 22.2 Å². The number of rotatable bonds is 7. The maximum absolute atomic E-state index is 11.1. The van der Waals surface area contributed by atoms with Gasteiger partial charge < -0.3 is 19.3 Å². The Labute approximate surface area is 133 Å². The van der Waals surface area contributed by atoms with E-state index in [4.69, 9.17) is 19.3 Å². The zero-order valence-corrected chi connectivity index (χ0v) is 14.3. The summed E-state index contributed by atoms with van der Waals surface area (Å²) in [6.45, 7) is 8.94. The Kier molecular flexibility index (Phi) is 6.48. The second-order valence-corrected chi connectivity index (χ2v) is 6.19. The third-order valence-corrected chi connectivity index (χ3v) is 3.01. The molecule has 0 aliphatic rings. The molecule has 5 nitrogen and oxygen atoms in total. The van der Waals surface area contributed by atoms with Crippen molar-refractivity contribution in [1.29, 1.82) is 0 Å². The fourth-order valence-electron chi connectivity index (χ4n) is 1.59. The van der Waals surface area contributed by atoms with Gasteiger partial charge in [0, 0.05) is 0 Å². The van der Waals surface area contributed by atoms with Crippen LogP contribution in [-0.2, 0) is 4.74 Å². The van der Waals surface area contributed by atoms with Crippen LogP contribution in [0, 0.1) is 0 Å². The predicted octanol–water partition coefficient (Wildman–Crippen LogP) is 3.74. The van der Waals surface area contributed by atoms with E-state index in [0.29, 0.717) is 35.8 Å². The van der Waals surface area contributed by atoms with Crippen LogP contribution in [0.25, 0.3) is 0 Å². The zero-order chi connectivity index (χ0) is 16.0. The van der Waals surface area contributed by atoms with E-state index in [9.17, 15) is 4.79 Å². The summed E-state index contributed by atoms with van der Waals surface area (Å²) in [5, 5.41) is 9.06. The lowest BCUT2D eigenvalue weighted by Crippen LogP contribution is -2.22. The summed E-state index contributed by atoms with van der Waals surface area (Å²) in [6, 6.07) is 2.95. The Hall–Kier alpha value is -1.27. The minimum atomic E-state index is -1.01. The average Bonchev–Trinajstić information content (AvgIpc) is 2.35. The molecule has 0 spiro atoms. The van der Waals surface area contributed by atoms with Gasteiger partial charge in [-0.2, -0.15) is 0 Å². The average molecular weight is 361 g/mol. The molecular weight excluding hydrogens is 340 g/mol. The van der Waals surface area contributed by atoms with Gasteiger partial charge in [-0.25, -0.2) is 4.79 Å². The molecule has 0 aromatic heterocycles. The van der Waals surface area contributed by atoms with Gasteiger partial charge in [-0.1, -0.05) is 0 Å². The molecule has 0 atom stereocenters. The molecule has 0 heterocycles. The molecule has 0 radical (unpaired) electrons. The standard InChI is InChI=1S/C15H21BrO5/c1-5-19-12-9-10(14(17)18)8-11(16)13(12)20-6-7-21-15(2,3)4/h8-9H,5-7H2,1-4H3,(H,17,18). The van der Waals surface area contributed by atoms with E-state index >= 15 is 0 Å². The second kappa shape index (κ2) is 7.66. The molecule has 21 heavy (non-hydrogen) atoms. The topological polar surface area (TPSA) is 65.0 Å². The molecule has 1 aromatic carbocycles. The lowest BCUT2D eigenvalue weighted by atomic mass is 10.2. The van der Waals surface area contributed by atoms with Crippen LogP contribution in [0.5, 0.6) is 11.5 Å². The lowest BCUT2D eigenvalue weighted by molar-refractivity contribution is -0.0166. The molecule has 0 saturated carbocycles. The number of carboxylic acids is 1. The largest absolute Gasteiger partial charge is 0.490 e. The van der Waals surface area contributed by atoms with E-state index in [0.717, 1.165) is 0 Å². The molecule has 1 N–H and O–H groups in total. The minimum Gasteiger partial charge on any atom is -0.490 e. The maximum atomic E-state index is 11.1. The van der Waals surface area contributed by atoms with Crippen molar-refractivity contribution in [1.82, 2.24) is 0 Å². The van der Waals surface area contributed by atoms with Crippen LogP contribution in [0.15, 0.2) is 16.6 Å². The van der Waals surface area contributed by atoms with Crippen LogP contribution in [0.1, 0.15) is 38.1 Å². The summed E-state index contributed by atoms with van der Waals surface area (Å²) in [5.74, 6) is -0.126. The number of ether oxygens (including phenoxy) is 3. The van der Waals surface area contributed by atoms with Crippen molar-refractivity contribution in [2.75, 3.05) is 19.8 Å². The third kappa shape index (κ3) is 5.93. The molecule has 1 rings (SSSR count). The van der Waals surface area contributed by atoms with Gasteiger partial charge in [0.1, 0.15) is 6.61 Å². The van der Waals surface area contributed by atoms with Gasteiger partial charge in [-0.15, -0.1) is 0 Å². The first-order chi connectivity index (χ1) is 9.74. The summed E-state index contributed by atoms with van der Waals surface area (Å²) in [4.78, 5) is 11.1. The molecule has 118 valence electrons. The monoisotopic (exact) mass is 360 g/mol. The molecule has 0 aliphatic heterocycles. The van der Waals surface area contributed by atoms with Gasteiger partial charge >= 0.3 is 5.97 Å². The number of aromatic carboxylic acids is 1. The SMILES string of the molecule is CCOc1cc(C(=O)O)cc(Br)c1OCCOC(C)(C)C. The van der Waals surface area contributed by atoms with Gasteiger partial charge in [-0.3, -0.25) is 0 Å². The highest BCUT2D eigenvalue weighted by atomic mass is 79.9. The van der Waals surface area contributed by atoms with Crippen LogP contribution in [0.2, 0.25) is 0 Å². The Morgan fingerprint density at radius 2 is 1.90 bits per heavy atom. The summed E-state index contributed by atoms with van der Waals surface area (Å²) < 4.78 is 17.2. The molecule has 0 bridgehead atoms. The Balaban J connectivity index is 2.82. The van der Waals surface area contributed by atoms with E-state index in [1.807, 2.05) is 27.7 Å². The zero-order valence-electron chi connectivity index (χ0n) is 12.7. The number of hydrogen-bond donors (Lipinski definition) is 1. The number of benzene rings is 1. The first kappa shape index (κ1) is 17.8. The van der Waals surface area contributed by atoms with E-state index in [2.05, 4.69) is 15.9 Å². The highest BCUT2D eigenvalue weighted by Crippen LogP contribution is 2.37. The van der Waals surface area contributed by atoms with Crippen LogP contribution >= 0.6 is 15.9 Å². The molecule has 0 saturated heterocycles. The number of hydrogen-bond acceptors (Lipinski definition) is 4. The van der Waals surface area contributed by atoms with E-state index in [1.54, 1.807) is 0 Å². The first-order valence-corrected chi connectivity index (χ1v) is 7.50. The maximum Gasteiger partial charge on any atom is 0.335 e. The van der Waals surface area contributed by atoms with Crippen LogP contribution in [-0.4, -0.2) is 36.5 Å². The summed E-state index contributed by atoms with van der Waals surface area (Å²) >= 11 is 3.32. The fourth-order valence-corrected chi connectivity index (χ4v) is 2.14. The van der Waals surface area contributed by atoms with E-state index in [1.165, 1.54) is 12.1 Å². The summed E-state index contributed by atoms with van der Waals surface area (Å²) in [6.07, 6.45) is 0. The van der Waals surface area contributed by atoms with Crippen molar-refractivity contribution in [2.45, 2.75) is 33.3 Å². The Morgan fingerprint density at radius 3 is 2.43 bits per heavy atom. The van der Waals surface area contributed by atoms with E-state index in [-0.39, 0.29) is 11.2 Å². The van der Waals surface area contributed by atoms with Gasteiger partial charge in [0.2, 0.25) is 0 Å². The molecular formula is C15H21BrO5. The van der Waals surface area contributed by atoms with Crippen molar-refractivity contribution < 1.29 is 24.1 Å². The normalized spacial score (nSPS) is 11.3. The molecule has 0 unspecified atom stereocenters. The van der Waals surface area contributed by atoms with Crippen molar-refractivity contribution in [2.24, 2.45) is 0 Å². The number of carboxylic acid groups (broad SMARTS) is 1. The van der Waals surface area contributed by atoms with Gasteiger partial charge in [0.25, 0.3) is 0 Å². The Morgan fingerprint density at radius 1 is 1.24 bits per heavy atom. The number of halogens is 1. The highest BCUT2D eigenvalue weighted by Gasteiger charge is 2.16. The van der Waals surface area contributed by atoms with Gasteiger partial charge in [-0.05, 0) is 55.8 Å². The van der Waals surface area contributed by atoms with Crippen LogP contribution < -0.4 is 9.47 Å². The minimum absolute atomic E-state index is 0.142. The molecule has 0 aliphatic carbocycles. The van der Waals surface area contributed by atoms with Crippen molar-refractivity contribution in [3.63, 3.8) is 0 Å². The smallest absolute Gasteiger partial charge is 0.335 e. The van der Waals surface area contributed by atoms with E-state index < -0.39 is 5.97 Å². The molecule has 1 aromatic rings. The Bertz CT molecular complexity index is 494. The summed E-state index contributed by atoms with van der Waals surface area (Å²) in [7, 11) is 0. The lowest BCUT2D eigenvalue weighted by Gasteiger charge is -2.20. The van der Waals surface area contributed by atoms with Crippen LogP contribution in [0.4, 0.5) is 0 Å². The molecule has 6 heteroatoms. The fraction of sp³-hybridized carbons (Fsp3) is 0.533. The highest BCUT2D eigenvalue weighted by molar-refractivity contribution is 9.10. The second-order valence-electron chi connectivity index (χ2n) is 5.33. The quantitative estimate of drug-likeness (QED) is 0.750.